The van der Waals surface area contributed by atoms with Gasteiger partial charge in [-0.2, -0.15) is 0 Å². The molecule has 3 amide bonds. The molecule has 0 saturated carbocycles. The van der Waals surface area contributed by atoms with Crippen LogP contribution < -0.4 is 16.4 Å². The third-order valence-electron chi connectivity index (χ3n) is 5.95. The van der Waals surface area contributed by atoms with Gasteiger partial charge in [0.25, 0.3) is 0 Å². The first-order valence-corrected chi connectivity index (χ1v) is 11.3. The Bertz CT molecular complexity index is 652. The fourth-order valence-corrected chi connectivity index (χ4v) is 3.72. The highest BCUT2D eigenvalue weighted by Gasteiger charge is 2.40. The van der Waals surface area contributed by atoms with Crippen LogP contribution in [0.3, 0.4) is 0 Å². The van der Waals surface area contributed by atoms with E-state index in [4.69, 9.17) is 5.73 Å². The lowest BCUT2D eigenvalue weighted by atomic mass is 9.97. The molecule has 0 radical (unpaired) electrons. The lowest BCUT2D eigenvalue weighted by Crippen LogP contribution is -2.58. The highest BCUT2D eigenvalue weighted by molar-refractivity contribution is 5.94. The maximum absolute atomic E-state index is 13.3. The molecule has 0 aromatic rings. The molecule has 0 bridgehead atoms. The molecule has 1 aliphatic rings. The highest BCUT2D eigenvalue weighted by Crippen LogP contribution is 2.21. The number of nitrogens with two attached hydrogens (primary N) is 1. The number of hydrogen-bond donors (Lipinski definition) is 4. The van der Waals surface area contributed by atoms with Crippen LogP contribution in [0.15, 0.2) is 0 Å². The minimum Gasteiger partial charge on any atom is -0.480 e. The number of rotatable bonds is 11. The van der Waals surface area contributed by atoms with Gasteiger partial charge in [-0.1, -0.05) is 48.0 Å². The Balaban J connectivity index is 2.93. The van der Waals surface area contributed by atoms with E-state index in [-0.39, 0.29) is 29.6 Å². The standard InChI is InChI=1S/C22H40N4O5/c1-7-14(6)17(23)20(28)25-18(13(4)5)21(29)26-10-8-9-16(26)19(27)24-15(22(30)31)11-12(2)3/h12-18H,7-11,23H2,1-6H3,(H,24,27)(H,25,28)(H,30,31). The second-order valence-corrected chi connectivity index (χ2v) is 9.36. The average molecular weight is 441 g/mol. The van der Waals surface area contributed by atoms with Crippen molar-refractivity contribution in [3.05, 3.63) is 0 Å². The van der Waals surface area contributed by atoms with Gasteiger partial charge < -0.3 is 26.4 Å². The summed E-state index contributed by atoms with van der Waals surface area (Å²) in [4.78, 5) is 51.6. The molecule has 1 saturated heterocycles. The van der Waals surface area contributed by atoms with Crippen LogP contribution in [-0.4, -0.2) is 64.4 Å². The number of hydrogen-bond acceptors (Lipinski definition) is 5. The summed E-state index contributed by atoms with van der Waals surface area (Å²) >= 11 is 0. The second kappa shape index (κ2) is 12.0. The van der Waals surface area contributed by atoms with E-state index in [1.54, 1.807) is 0 Å². The molecule has 1 heterocycles. The van der Waals surface area contributed by atoms with E-state index >= 15 is 0 Å². The molecule has 5 N–H and O–H groups in total. The Morgan fingerprint density at radius 1 is 1.10 bits per heavy atom. The van der Waals surface area contributed by atoms with Crippen molar-refractivity contribution >= 4 is 23.7 Å². The number of nitrogens with zero attached hydrogens (tertiary/aromatic N) is 1. The fraction of sp³-hybridized carbons (Fsp3) is 0.818. The SMILES string of the molecule is CCC(C)C(N)C(=O)NC(C(=O)N1CCCC1C(=O)NC(CC(C)C)C(=O)O)C(C)C. The molecule has 31 heavy (non-hydrogen) atoms. The maximum atomic E-state index is 13.3. The molecular formula is C22H40N4O5. The van der Waals surface area contributed by atoms with Gasteiger partial charge in [0.05, 0.1) is 6.04 Å². The molecule has 1 rings (SSSR count). The molecule has 0 aromatic heterocycles. The van der Waals surface area contributed by atoms with Crippen molar-refractivity contribution in [2.45, 2.75) is 91.4 Å². The Labute approximate surface area is 185 Å². The lowest BCUT2D eigenvalue weighted by molar-refractivity contribution is -0.145. The summed E-state index contributed by atoms with van der Waals surface area (Å²) < 4.78 is 0. The third-order valence-corrected chi connectivity index (χ3v) is 5.95. The summed E-state index contributed by atoms with van der Waals surface area (Å²) in [5, 5.41) is 14.8. The second-order valence-electron chi connectivity index (χ2n) is 9.36. The van der Waals surface area contributed by atoms with Crippen LogP contribution in [0.1, 0.15) is 67.2 Å². The van der Waals surface area contributed by atoms with Crippen molar-refractivity contribution in [1.29, 1.82) is 0 Å². The van der Waals surface area contributed by atoms with E-state index in [1.165, 1.54) is 4.90 Å². The molecule has 1 fully saturated rings. The normalized spacial score (nSPS) is 20.3. The Hall–Kier alpha value is -2.16. The van der Waals surface area contributed by atoms with E-state index in [0.717, 1.165) is 6.42 Å². The zero-order chi connectivity index (χ0) is 23.9. The molecular weight excluding hydrogens is 400 g/mol. The van der Waals surface area contributed by atoms with Crippen molar-refractivity contribution in [2.24, 2.45) is 23.5 Å². The Morgan fingerprint density at radius 2 is 1.71 bits per heavy atom. The molecule has 178 valence electrons. The van der Waals surface area contributed by atoms with E-state index in [2.05, 4.69) is 10.6 Å². The van der Waals surface area contributed by atoms with Gasteiger partial charge >= 0.3 is 5.97 Å². The van der Waals surface area contributed by atoms with Gasteiger partial charge in [0.2, 0.25) is 17.7 Å². The predicted octanol–water partition coefficient (Wildman–Crippen LogP) is 1.11. The van der Waals surface area contributed by atoms with Crippen LogP contribution in [0, 0.1) is 17.8 Å². The van der Waals surface area contributed by atoms with Gasteiger partial charge in [-0.3, -0.25) is 14.4 Å². The van der Waals surface area contributed by atoms with Crippen LogP contribution in [-0.2, 0) is 19.2 Å². The van der Waals surface area contributed by atoms with E-state index in [1.807, 2.05) is 41.5 Å². The number of carboxylic acid groups (broad SMARTS) is 1. The first-order valence-electron chi connectivity index (χ1n) is 11.3. The van der Waals surface area contributed by atoms with Gasteiger partial charge in [-0.15, -0.1) is 0 Å². The number of aliphatic carboxylic acids is 1. The quantitative estimate of drug-likeness (QED) is 0.379. The van der Waals surface area contributed by atoms with Gasteiger partial charge in [0.15, 0.2) is 0 Å². The first kappa shape index (κ1) is 26.9. The zero-order valence-corrected chi connectivity index (χ0v) is 19.7. The average Bonchev–Trinajstić information content (AvgIpc) is 3.18. The molecule has 0 aromatic carbocycles. The molecule has 1 aliphatic heterocycles. The largest absolute Gasteiger partial charge is 0.480 e. The Kier molecular flexibility index (Phi) is 10.4. The summed E-state index contributed by atoms with van der Waals surface area (Å²) in [6.45, 7) is 11.6. The highest BCUT2D eigenvalue weighted by atomic mass is 16.4. The Morgan fingerprint density at radius 3 is 2.19 bits per heavy atom. The molecule has 9 heteroatoms. The van der Waals surface area contributed by atoms with Crippen molar-refractivity contribution in [3.8, 4) is 0 Å². The van der Waals surface area contributed by atoms with E-state index in [9.17, 15) is 24.3 Å². The fourth-order valence-electron chi connectivity index (χ4n) is 3.72. The summed E-state index contributed by atoms with van der Waals surface area (Å²) in [6, 6.07) is -3.27. The number of carboxylic acids is 1. The molecule has 0 aliphatic carbocycles. The van der Waals surface area contributed by atoms with Crippen molar-refractivity contribution in [2.75, 3.05) is 6.54 Å². The number of likely N-dealkylation sites (tertiary alicyclic amines) is 1. The third kappa shape index (κ3) is 7.48. The van der Waals surface area contributed by atoms with Gasteiger partial charge in [0.1, 0.15) is 18.1 Å². The van der Waals surface area contributed by atoms with Gasteiger partial charge in [0, 0.05) is 6.54 Å². The topological polar surface area (TPSA) is 142 Å². The molecule has 0 spiro atoms. The summed E-state index contributed by atoms with van der Waals surface area (Å²) in [5.41, 5.74) is 6.01. The number of nitrogens with one attached hydrogen (secondary N) is 2. The number of carbonyl (C=O) groups excluding carboxylic acids is 3. The maximum Gasteiger partial charge on any atom is 0.326 e. The summed E-state index contributed by atoms with van der Waals surface area (Å²) in [5.74, 6) is -2.41. The number of carbonyl (C=O) groups is 4. The van der Waals surface area contributed by atoms with Crippen LogP contribution in [0.2, 0.25) is 0 Å². The zero-order valence-electron chi connectivity index (χ0n) is 19.7. The monoisotopic (exact) mass is 440 g/mol. The van der Waals surface area contributed by atoms with Crippen LogP contribution >= 0.6 is 0 Å². The number of amides is 3. The smallest absolute Gasteiger partial charge is 0.326 e. The summed E-state index contributed by atoms with van der Waals surface area (Å²) in [7, 11) is 0. The van der Waals surface area contributed by atoms with Gasteiger partial charge in [-0.25, -0.2) is 4.79 Å². The van der Waals surface area contributed by atoms with E-state index < -0.39 is 36.0 Å². The lowest BCUT2D eigenvalue weighted by Gasteiger charge is -2.32. The van der Waals surface area contributed by atoms with Crippen molar-refractivity contribution in [3.63, 3.8) is 0 Å². The van der Waals surface area contributed by atoms with Crippen molar-refractivity contribution < 1.29 is 24.3 Å². The predicted molar refractivity (Wildman–Crippen MR) is 118 cm³/mol. The van der Waals surface area contributed by atoms with Crippen LogP contribution in [0.25, 0.3) is 0 Å². The van der Waals surface area contributed by atoms with Crippen molar-refractivity contribution in [1.82, 2.24) is 15.5 Å². The molecule has 5 atom stereocenters. The van der Waals surface area contributed by atoms with Crippen LogP contribution in [0.4, 0.5) is 0 Å². The van der Waals surface area contributed by atoms with Crippen LogP contribution in [0.5, 0.6) is 0 Å². The minimum absolute atomic E-state index is 0.0258. The van der Waals surface area contributed by atoms with E-state index in [0.29, 0.717) is 25.8 Å². The molecule has 5 unspecified atom stereocenters. The minimum atomic E-state index is -1.09. The first-order chi connectivity index (χ1) is 14.4. The molecule has 9 nitrogen and oxygen atoms in total. The van der Waals surface area contributed by atoms with Gasteiger partial charge in [-0.05, 0) is 37.0 Å². The summed E-state index contributed by atoms with van der Waals surface area (Å²) in [6.07, 6.45) is 2.14.